The van der Waals surface area contributed by atoms with Gasteiger partial charge in [0, 0.05) is 0 Å². The molecule has 0 amide bonds. The fraction of sp³-hybridized carbons (Fsp3) is 0.400. The minimum atomic E-state index is -4.46. The summed E-state index contributed by atoms with van der Waals surface area (Å²) in [4.78, 5) is 0. The van der Waals surface area contributed by atoms with Gasteiger partial charge in [-0.1, -0.05) is 13.8 Å². The van der Waals surface area contributed by atoms with Gasteiger partial charge in [-0.25, -0.2) is 13.2 Å². The zero-order valence-electron chi connectivity index (χ0n) is 9.81. The van der Waals surface area contributed by atoms with Gasteiger partial charge < -0.3 is 4.18 Å². The molecule has 0 unspecified atom stereocenters. The molecule has 0 heterocycles. The van der Waals surface area contributed by atoms with Crippen LogP contribution in [0, 0.1) is 35.0 Å². The molecule has 0 saturated carbocycles. The summed E-state index contributed by atoms with van der Waals surface area (Å²) in [5.74, 6) is -14.5. The Kier molecular flexibility index (Phi) is 4.39. The van der Waals surface area contributed by atoms with Crippen LogP contribution >= 0.6 is 0 Å². The molecule has 0 N–H and O–H groups in total. The predicted molar refractivity (Wildman–Crippen MR) is 55.5 cm³/mol. The van der Waals surface area contributed by atoms with Crippen LogP contribution in [0.5, 0.6) is 5.75 Å². The highest BCUT2D eigenvalue weighted by molar-refractivity contribution is 7.87. The van der Waals surface area contributed by atoms with E-state index < -0.39 is 56.6 Å². The molecule has 1 aromatic carbocycles. The third-order valence-electron chi connectivity index (χ3n) is 1.92. The summed E-state index contributed by atoms with van der Waals surface area (Å²) in [5.41, 5.74) is 0. The highest BCUT2D eigenvalue weighted by atomic mass is 32.2. The van der Waals surface area contributed by atoms with Gasteiger partial charge in [0.1, 0.15) is 0 Å². The summed E-state index contributed by atoms with van der Waals surface area (Å²) >= 11 is 0. The maximum absolute atomic E-state index is 13.2. The lowest BCUT2D eigenvalue weighted by Crippen LogP contribution is -2.20. The first-order valence-electron chi connectivity index (χ1n) is 5.00. The van der Waals surface area contributed by atoms with E-state index in [0.717, 1.165) is 0 Å². The number of rotatable bonds is 4. The lowest BCUT2D eigenvalue weighted by molar-refractivity contribution is 0.346. The third kappa shape index (κ3) is 3.34. The van der Waals surface area contributed by atoms with Gasteiger partial charge in [-0.2, -0.15) is 17.2 Å². The Morgan fingerprint density at radius 1 is 0.895 bits per heavy atom. The maximum Gasteiger partial charge on any atom is 0.309 e. The molecule has 0 aliphatic rings. The molecule has 19 heavy (non-hydrogen) atoms. The molecule has 0 aromatic heterocycles. The first-order valence-corrected chi connectivity index (χ1v) is 6.58. The van der Waals surface area contributed by atoms with E-state index in [1.807, 2.05) is 0 Å². The standard InChI is InChI=1S/C10H9F5O3S/c1-4(2)3-19(16,17)18-10-8(14)6(12)5(11)7(13)9(10)15/h4H,3H2,1-2H3. The lowest BCUT2D eigenvalue weighted by Gasteiger charge is -2.11. The summed E-state index contributed by atoms with van der Waals surface area (Å²) in [6.45, 7) is 2.94. The molecule has 0 aliphatic carbocycles. The van der Waals surface area contributed by atoms with Crippen LogP contribution in [0.3, 0.4) is 0 Å². The molecular weight excluding hydrogens is 295 g/mol. The maximum atomic E-state index is 13.2. The number of hydrogen-bond acceptors (Lipinski definition) is 3. The highest BCUT2D eigenvalue weighted by Crippen LogP contribution is 2.30. The van der Waals surface area contributed by atoms with E-state index in [4.69, 9.17) is 0 Å². The van der Waals surface area contributed by atoms with E-state index in [-0.39, 0.29) is 0 Å². The monoisotopic (exact) mass is 304 g/mol. The summed E-state index contributed by atoms with van der Waals surface area (Å²) in [6.07, 6.45) is 0. The van der Waals surface area contributed by atoms with Crippen molar-refractivity contribution < 1.29 is 34.6 Å². The normalized spacial score (nSPS) is 12.0. The van der Waals surface area contributed by atoms with Crippen molar-refractivity contribution >= 4 is 10.1 Å². The summed E-state index contributed by atoms with van der Waals surface area (Å²) in [7, 11) is -4.46. The molecule has 0 spiro atoms. The molecule has 0 bridgehead atoms. The molecule has 0 radical (unpaired) electrons. The van der Waals surface area contributed by atoms with Crippen LogP contribution < -0.4 is 4.18 Å². The fourth-order valence-corrected chi connectivity index (χ4v) is 2.51. The molecule has 108 valence electrons. The number of halogens is 5. The van der Waals surface area contributed by atoms with Crippen molar-refractivity contribution in [3.8, 4) is 5.75 Å². The molecule has 0 atom stereocenters. The molecule has 0 aliphatic heterocycles. The van der Waals surface area contributed by atoms with E-state index in [1.165, 1.54) is 13.8 Å². The molecular formula is C10H9F5O3S. The first-order chi connectivity index (χ1) is 8.57. The van der Waals surface area contributed by atoms with Crippen LogP contribution in [0.1, 0.15) is 13.8 Å². The van der Waals surface area contributed by atoms with Crippen molar-refractivity contribution in [2.75, 3.05) is 5.75 Å². The Labute approximate surface area is 106 Å². The van der Waals surface area contributed by atoms with E-state index >= 15 is 0 Å². The Balaban J connectivity index is 3.30. The van der Waals surface area contributed by atoms with Crippen molar-refractivity contribution in [3.05, 3.63) is 29.1 Å². The minimum absolute atomic E-state index is 0.453. The molecule has 1 aromatic rings. The molecule has 0 fully saturated rings. The van der Waals surface area contributed by atoms with Crippen molar-refractivity contribution in [1.29, 1.82) is 0 Å². The van der Waals surface area contributed by atoms with Crippen LogP contribution in [-0.4, -0.2) is 14.2 Å². The predicted octanol–water partition coefficient (Wildman–Crippen LogP) is 2.75. The topological polar surface area (TPSA) is 43.4 Å². The Morgan fingerprint density at radius 3 is 1.63 bits per heavy atom. The summed E-state index contributed by atoms with van der Waals surface area (Å²) < 4.78 is 91.3. The van der Waals surface area contributed by atoms with Crippen LogP contribution in [0.2, 0.25) is 0 Å². The van der Waals surface area contributed by atoms with Gasteiger partial charge in [-0.15, -0.1) is 0 Å². The average Bonchev–Trinajstić information content (AvgIpc) is 2.28. The van der Waals surface area contributed by atoms with Gasteiger partial charge in [0.25, 0.3) is 0 Å². The molecule has 9 heteroatoms. The van der Waals surface area contributed by atoms with Gasteiger partial charge in [-0.05, 0) is 5.92 Å². The third-order valence-corrected chi connectivity index (χ3v) is 3.41. The van der Waals surface area contributed by atoms with Gasteiger partial charge >= 0.3 is 10.1 Å². The minimum Gasteiger partial charge on any atom is -0.376 e. The van der Waals surface area contributed by atoms with Gasteiger partial charge in [0.2, 0.25) is 34.8 Å². The Bertz CT molecular complexity index is 569. The van der Waals surface area contributed by atoms with Crippen molar-refractivity contribution in [1.82, 2.24) is 0 Å². The largest absolute Gasteiger partial charge is 0.376 e. The number of hydrogen-bond donors (Lipinski definition) is 0. The molecule has 3 nitrogen and oxygen atoms in total. The van der Waals surface area contributed by atoms with Crippen LogP contribution in [0.4, 0.5) is 22.0 Å². The summed E-state index contributed by atoms with van der Waals surface area (Å²) in [5, 5.41) is 0. The summed E-state index contributed by atoms with van der Waals surface area (Å²) in [6, 6.07) is 0. The van der Waals surface area contributed by atoms with Crippen molar-refractivity contribution in [3.63, 3.8) is 0 Å². The zero-order valence-corrected chi connectivity index (χ0v) is 10.6. The Morgan fingerprint density at radius 2 is 1.26 bits per heavy atom. The second-order valence-corrected chi connectivity index (χ2v) is 5.72. The van der Waals surface area contributed by atoms with Crippen molar-refractivity contribution in [2.24, 2.45) is 5.92 Å². The van der Waals surface area contributed by atoms with E-state index in [1.54, 1.807) is 0 Å². The second-order valence-electron chi connectivity index (χ2n) is 4.10. The van der Waals surface area contributed by atoms with Crippen LogP contribution in [-0.2, 0) is 10.1 Å². The van der Waals surface area contributed by atoms with E-state index in [9.17, 15) is 30.4 Å². The van der Waals surface area contributed by atoms with E-state index in [2.05, 4.69) is 4.18 Å². The fourth-order valence-electron chi connectivity index (χ4n) is 1.23. The highest BCUT2D eigenvalue weighted by Gasteiger charge is 2.30. The smallest absolute Gasteiger partial charge is 0.309 e. The van der Waals surface area contributed by atoms with Crippen LogP contribution in [0.15, 0.2) is 0 Å². The van der Waals surface area contributed by atoms with Gasteiger partial charge in [-0.3, -0.25) is 0 Å². The lowest BCUT2D eigenvalue weighted by atomic mass is 10.3. The van der Waals surface area contributed by atoms with E-state index in [0.29, 0.717) is 0 Å². The SMILES string of the molecule is CC(C)CS(=O)(=O)Oc1c(F)c(F)c(F)c(F)c1F. The van der Waals surface area contributed by atoms with Gasteiger partial charge in [0.05, 0.1) is 5.75 Å². The first kappa shape index (κ1) is 15.7. The van der Waals surface area contributed by atoms with Crippen LogP contribution in [0.25, 0.3) is 0 Å². The molecule has 1 rings (SSSR count). The zero-order chi connectivity index (χ0) is 15.0. The quantitative estimate of drug-likeness (QED) is 0.372. The van der Waals surface area contributed by atoms with Gasteiger partial charge in [0.15, 0.2) is 0 Å². The average molecular weight is 304 g/mol. The number of benzene rings is 1. The second kappa shape index (κ2) is 5.32. The molecule has 0 saturated heterocycles. The van der Waals surface area contributed by atoms with Crippen molar-refractivity contribution in [2.45, 2.75) is 13.8 Å². The Hall–Kier alpha value is -1.38.